The van der Waals surface area contributed by atoms with Crippen LogP contribution in [0.1, 0.15) is 13.3 Å². The molecule has 0 aliphatic heterocycles. The van der Waals surface area contributed by atoms with Gasteiger partial charge in [0, 0.05) is 27.9 Å². The molecular weight excluding hydrogens is 220 g/mol. The summed E-state index contributed by atoms with van der Waals surface area (Å²) < 4.78 is 1.25. The van der Waals surface area contributed by atoms with Crippen molar-refractivity contribution in [2.24, 2.45) is 5.73 Å². The number of hydrogen-bond acceptors (Lipinski definition) is 3. The van der Waals surface area contributed by atoms with Gasteiger partial charge in [-0.2, -0.15) is 0 Å². The molecule has 1 heterocycles. The number of benzene rings is 1. The summed E-state index contributed by atoms with van der Waals surface area (Å²) in [6.45, 7) is 1.96. The van der Waals surface area contributed by atoms with E-state index in [1.54, 1.807) is 11.3 Å². The fourth-order valence-electron chi connectivity index (χ4n) is 1.71. The van der Waals surface area contributed by atoms with Crippen LogP contribution in [0.15, 0.2) is 29.6 Å². The number of carbonyl (C=O) groups is 1. The molecule has 84 valence electrons. The van der Waals surface area contributed by atoms with E-state index in [0.717, 1.165) is 5.69 Å². The molecule has 3 nitrogen and oxygen atoms in total. The van der Waals surface area contributed by atoms with E-state index in [1.165, 1.54) is 10.1 Å². The predicted octanol–water partition coefficient (Wildman–Crippen LogP) is 2.58. The molecular formula is C12H14N2OS. The van der Waals surface area contributed by atoms with Gasteiger partial charge >= 0.3 is 0 Å². The molecule has 1 aromatic heterocycles. The summed E-state index contributed by atoms with van der Waals surface area (Å²) in [4.78, 5) is 10.8. The molecule has 1 aromatic carbocycles. The Hall–Kier alpha value is -1.55. The Kier molecular flexibility index (Phi) is 3.10. The van der Waals surface area contributed by atoms with Crippen LogP contribution in [-0.2, 0) is 4.79 Å². The van der Waals surface area contributed by atoms with Crippen LogP contribution in [0.25, 0.3) is 10.1 Å². The zero-order valence-electron chi connectivity index (χ0n) is 9.07. The van der Waals surface area contributed by atoms with Crippen LogP contribution in [0.3, 0.4) is 0 Å². The predicted molar refractivity (Wildman–Crippen MR) is 68.7 cm³/mol. The van der Waals surface area contributed by atoms with Crippen molar-refractivity contribution in [1.82, 2.24) is 0 Å². The van der Waals surface area contributed by atoms with E-state index < -0.39 is 0 Å². The normalized spacial score (nSPS) is 12.6. The maximum Gasteiger partial charge on any atom is 0.219 e. The van der Waals surface area contributed by atoms with E-state index in [2.05, 4.69) is 22.8 Å². The Morgan fingerprint density at radius 3 is 3.00 bits per heavy atom. The van der Waals surface area contributed by atoms with Crippen molar-refractivity contribution in [2.75, 3.05) is 5.32 Å². The van der Waals surface area contributed by atoms with Gasteiger partial charge in [0.15, 0.2) is 0 Å². The number of primary amides is 1. The lowest BCUT2D eigenvalue weighted by atomic mass is 10.2. The molecule has 1 amide bonds. The van der Waals surface area contributed by atoms with Crippen LogP contribution in [0.5, 0.6) is 0 Å². The highest BCUT2D eigenvalue weighted by atomic mass is 32.1. The molecule has 4 heteroatoms. The highest BCUT2D eigenvalue weighted by molar-refractivity contribution is 7.17. The molecule has 0 bridgehead atoms. The number of rotatable bonds is 4. The van der Waals surface area contributed by atoms with Crippen molar-refractivity contribution < 1.29 is 4.79 Å². The molecule has 0 aliphatic rings. The molecule has 0 radical (unpaired) electrons. The first-order chi connectivity index (χ1) is 7.66. The van der Waals surface area contributed by atoms with Gasteiger partial charge < -0.3 is 11.1 Å². The molecule has 0 fully saturated rings. The Morgan fingerprint density at radius 2 is 2.25 bits per heavy atom. The third kappa shape index (κ3) is 2.33. The van der Waals surface area contributed by atoms with Gasteiger partial charge in [0.25, 0.3) is 0 Å². The van der Waals surface area contributed by atoms with Crippen molar-refractivity contribution in [3.63, 3.8) is 0 Å². The largest absolute Gasteiger partial charge is 0.381 e. The summed E-state index contributed by atoms with van der Waals surface area (Å²) in [5.74, 6) is -0.278. The van der Waals surface area contributed by atoms with Gasteiger partial charge in [0.2, 0.25) is 5.91 Å². The second-order valence-electron chi connectivity index (χ2n) is 3.86. The molecule has 16 heavy (non-hydrogen) atoms. The standard InChI is InChI=1S/C12H14N2OS/c1-8(6-12(13)15)14-10-7-16-11-5-3-2-4-9(10)11/h2-5,7-8,14H,6H2,1H3,(H2,13,15). The van der Waals surface area contributed by atoms with Crippen LogP contribution in [-0.4, -0.2) is 11.9 Å². The zero-order chi connectivity index (χ0) is 11.5. The Morgan fingerprint density at radius 1 is 1.50 bits per heavy atom. The van der Waals surface area contributed by atoms with E-state index in [-0.39, 0.29) is 11.9 Å². The minimum absolute atomic E-state index is 0.0653. The van der Waals surface area contributed by atoms with E-state index in [9.17, 15) is 4.79 Å². The SMILES string of the molecule is CC(CC(N)=O)Nc1csc2ccccc12. The van der Waals surface area contributed by atoms with Crippen LogP contribution < -0.4 is 11.1 Å². The third-order valence-electron chi connectivity index (χ3n) is 2.39. The number of thiophene rings is 1. The Balaban J connectivity index is 2.18. The zero-order valence-corrected chi connectivity index (χ0v) is 9.88. The van der Waals surface area contributed by atoms with Crippen LogP contribution in [0.2, 0.25) is 0 Å². The van der Waals surface area contributed by atoms with E-state index in [1.807, 2.05) is 19.1 Å². The lowest BCUT2D eigenvalue weighted by Gasteiger charge is -2.12. The van der Waals surface area contributed by atoms with Crippen molar-refractivity contribution in [3.05, 3.63) is 29.6 Å². The molecule has 1 unspecified atom stereocenters. The minimum Gasteiger partial charge on any atom is -0.381 e. The van der Waals surface area contributed by atoms with Crippen molar-refractivity contribution in [3.8, 4) is 0 Å². The first-order valence-electron chi connectivity index (χ1n) is 5.18. The number of carbonyl (C=O) groups excluding carboxylic acids is 1. The van der Waals surface area contributed by atoms with Crippen molar-refractivity contribution in [1.29, 1.82) is 0 Å². The van der Waals surface area contributed by atoms with E-state index in [4.69, 9.17) is 5.73 Å². The Bertz CT molecular complexity index is 506. The van der Waals surface area contributed by atoms with Crippen molar-refractivity contribution >= 4 is 33.0 Å². The van der Waals surface area contributed by atoms with Crippen molar-refractivity contribution in [2.45, 2.75) is 19.4 Å². The molecule has 1 atom stereocenters. The van der Waals surface area contributed by atoms with E-state index >= 15 is 0 Å². The molecule has 0 aliphatic carbocycles. The molecule has 2 aromatic rings. The number of amides is 1. The first-order valence-corrected chi connectivity index (χ1v) is 6.06. The van der Waals surface area contributed by atoms with Crippen LogP contribution in [0.4, 0.5) is 5.69 Å². The minimum atomic E-state index is -0.278. The molecule has 0 spiro atoms. The van der Waals surface area contributed by atoms with Gasteiger partial charge in [0.05, 0.1) is 5.69 Å². The van der Waals surface area contributed by atoms with Gasteiger partial charge in [-0.15, -0.1) is 11.3 Å². The molecule has 0 saturated heterocycles. The molecule has 2 rings (SSSR count). The van der Waals surface area contributed by atoms with E-state index in [0.29, 0.717) is 6.42 Å². The highest BCUT2D eigenvalue weighted by Crippen LogP contribution is 2.30. The second kappa shape index (κ2) is 4.53. The fraction of sp³-hybridized carbons (Fsp3) is 0.250. The maximum absolute atomic E-state index is 10.8. The van der Waals surface area contributed by atoms with Crippen LogP contribution >= 0.6 is 11.3 Å². The molecule has 0 saturated carbocycles. The van der Waals surface area contributed by atoms with Gasteiger partial charge in [-0.3, -0.25) is 4.79 Å². The topological polar surface area (TPSA) is 55.1 Å². The third-order valence-corrected chi connectivity index (χ3v) is 3.35. The monoisotopic (exact) mass is 234 g/mol. The maximum atomic E-state index is 10.8. The number of anilines is 1. The fourth-order valence-corrected chi connectivity index (χ4v) is 2.61. The summed E-state index contributed by atoms with van der Waals surface area (Å²) in [6, 6.07) is 8.26. The number of hydrogen-bond donors (Lipinski definition) is 2. The first kappa shape index (κ1) is 11.0. The van der Waals surface area contributed by atoms with Gasteiger partial charge in [-0.25, -0.2) is 0 Å². The lowest BCUT2D eigenvalue weighted by Crippen LogP contribution is -2.23. The summed E-state index contributed by atoms with van der Waals surface area (Å²) in [6.07, 6.45) is 0.351. The number of nitrogens with two attached hydrogens (primary N) is 1. The van der Waals surface area contributed by atoms with Gasteiger partial charge in [-0.1, -0.05) is 18.2 Å². The second-order valence-corrected chi connectivity index (χ2v) is 4.77. The average Bonchev–Trinajstić information content (AvgIpc) is 2.61. The van der Waals surface area contributed by atoms with Crippen LogP contribution in [0, 0.1) is 0 Å². The highest BCUT2D eigenvalue weighted by Gasteiger charge is 2.08. The smallest absolute Gasteiger partial charge is 0.219 e. The molecule has 3 N–H and O–H groups in total. The summed E-state index contributed by atoms with van der Waals surface area (Å²) in [5, 5.41) is 6.58. The summed E-state index contributed by atoms with van der Waals surface area (Å²) in [7, 11) is 0. The average molecular weight is 234 g/mol. The lowest BCUT2D eigenvalue weighted by molar-refractivity contribution is -0.118. The number of fused-ring (bicyclic) bond motifs is 1. The quantitative estimate of drug-likeness (QED) is 0.854. The Labute approximate surface area is 98.3 Å². The van der Waals surface area contributed by atoms with Gasteiger partial charge in [0.1, 0.15) is 0 Å². The number of nitrogens with one attached hydrogen (secondary N) is 1. The summed E-state index contributed by atoms with van der Waals surface area (Å²) in [5.41, 5.74) is 6.24. The van der Waals surface area contributed by atoms with Gasteiger partial charge in [-0.05, 0) is 13.0 Å². The summed E-state index contributed by atoms with van der Waals surface area (Å²) >= 11 is 1.70.